The van der Waals surface area contributed by atoms with Gasteiger partial charge in [-0.05, 0) is 42.5 Å². The van der Waals surface area contributed by atoms with Crippen molar-refractivity contribution in [1.82, 2.24) is 29.9 Å². The third kappa shape index (κ3) is 3.53. The van der Waals surface area contributed by atoms with Crippen LogP contribution in [0.4, 0.5) is 10.5 Å². The zero-order chi connectivity index (χ0) is 17.8. The van der Waals surface area contributed by atoms with E-state index in [1.54, 1.807) is 36.9 Å². The minimum absolute atomic E-state index is 0.0959. The maximum atomic E-state index is 12.5. The Hall–Kier alpha value is -3.29. The number of aromatic nitrogens is 5. The van der Waals surface area contributed by atoms with Crippen LogP contribution in [0, 0.1) is 0 Å². The number of rotatable bonds is 3. The summed E-state index contributed by atoms with van der Waals surface area (Å²) >= 11 is 0. The Morgan fingerprint density at radius 1 is 1.04 bits per heavy atom. The Labute approximate surface area is 150 Å². The maximum Gasteiger partial charge on any atom is 0.321 e. The number of pyridine rings is 2. The molecule has 0 unspecified atom stereocenters. The van der Waals surface area contributed by atoms with Gasteiger partial charge in [0.05, 0.1) is 24.3 Å². The van der Waals surface area contributed by atoms with Crippen molar-refractivity contribution in [1.29, 1.82) is 0 Å². The number of nitrogens with one attached hydrogen (secondary N) is 1. The fraction of sp³-hybridized carbons (Fsp3) is 0.278. The molecule has 3 aromatic heterocycles. The quantitative estimate of drug-likeness (QED) is 0.785. The molecule has 1 fully saturated rings. The number of anilines is 1. The number of urea groups is 1. The highest BCUT2D eigenvalue weighted by Gasteiger charge is 2.24. The predicted molar refractivity (Wildman–Crippen MR) is 96.0 cm³/mol. The summed E-state index contributed by atoms with van der Waals surface area (Å²) in [6.07, 6.45) is 10.4. The molecule has 0 bridgehead atoms. The van der Waals surface area contributed by atoms with E-state index in [2.05, 4.69) is 31.5 Å². The van der Waals surface area contributed by atoms with E-state index in [0.29, 0.717) is 17.4 Å². The SMILES string of the molecule is O=C(Nc1ccc(-n2nccn2)nc1)N1CCC(c2cccnc2)CC1. The van der Waals surface area contributed by atoms with Gasteiger partial charge in [-0.25, -0.2) is 9.78 Å². The van der Waals surface area contributed by atoms with Crippen molar-refractivity contribution in [3.8, 4) is 5.82 Å². The van der Waals surface area contributed by atoms with Crippen molar-refractivity contribution in [2.24, 2.45) is 0 Å². The molecule has 1 aliphatic rings. The first kappa shape index (κ1) is 16.2. The summed E-state index contributed by atoms with van der Waals surface area (Å²) in [5, 5.41) is 11.0. The zero-order valence-corrected chi connectivity index (χ0v) is 14.2. The molecule has 8 heteroatoms. The number of nitrogens with zero attached hydrogens (tertiary/aromatic N) is 6. The molecule has 8 nitrogen and oxygen atoms in total. The second-order valence-corrected chi connectivity index (χ2v) is 6.20. The van der Waals surface area contributed by atoms with E-state index in [-0.39, 0.29) is 6.03 Å². The topological polar surface area (TPSA) is 88.8 Å². The van der Waals surface area contributed by atoms with Gasteiger partial charge in [0.25, 0.3) is 0 Å². The van der Waals surface area contributed by atoms with E-state index in [0.717, 1.165) is 25.9 Å². The van der Waals surface area contributed by atoms with Crippen LogP contribution < -0.4 is 5.32 Å². The minimum Gasteiger partial charge on any atom is -0.324 e. The van der Waals surface area contributed by atoms with Gasteiger partial charge in [0.1, 0.15) is 0 Å². The Balaban J connectivity index is 1.33. The summed E-state index contributed by atoms with van der Waals surface area (Å²) in [5.74, 6) is 1.07. The van der Waals surface area contributed by atoms with E-state index in [9.17, 15) is 4.79 Å². The molecule has 26 heavy (non-hydrogen) atoms. The first-order valence-electron chi connectivity index (χ1n) is 8.58. The number of carbonyl (C=O) groups is 1. The molecule has 0 spiro atoms. The van der Waals surface area contributed by atoms with Crippen molar-refractivity contribution in [2.75, 3.05) is 18.4 Å². The average Bonchev–Trinajstić information content (AvgIpc) is 3.24. The standard InChI is InChI=1S/C18H19N7O/c26-18(23-16-3-4-17(20-13-16)25-21-8-9-22-25)24-10-5-14(6-11-24)15-2-1-7-19-12-15/h1-4,7-9,12-14H,5-6,10-11H2,(H,23,26). The van der Waals surface area contributed by atoms with Crippen LogP contribution in [-0.2, 0) is 0 Å². The van der Waals surface area contributed by atoms with Crippen LogP contribution in [0.15, 0.2) is 55.2 Å². The summed E-state index contributed by atoms with van der Waals surface area (Å²) in [6.45, 7) is 1.46. The van der Waals surface area contributed by atoms with E-state index in [1.165, 1.54) is 10.4 Å². The molecule has 0 saturated carbocycles. The number of likely N-dealkylation sites (tertiary alicyclic amines) is 1. The lowest BCUT2D eigenvalue weighted by molar-refractivity contribution is 0.194. The van der Waals surface area contributed by atoms with Crippen LogP contribution in [0.5, 0.6) is 0 Å². The highest BCUT2D eigenvalue weighted by atomic mass is 16.2. The smallest absolute Gasteiger partial charge is 0.321 e. The van der Waals surface area contributed by atoms with Crippen molar-refractivity contribution >= 4 is 11.7 Å². The average molecular weight is 349 g/mol. The van der Waals surface area contributed by atoms with Gasteiger partial charge < -0.3 is 10.2 Å². The highest BCUT2D eigenvalue weighted by Crippen LogP contribution is 2.27. The van der Waals surface area contributed by atoms with E-state index in [4.69, 9.17) is 0 Å². The molecule has 0 aromatic carbocycles. The molecule has 1 saturated heterocycles. The van der Waals surface area contributed by atoms with Gasteiger partial charge in [0.15, 0.2) is 5.82 Å². The normalized spacial score (nSPS) is 15.0. The van der Waals surface area contributed by atoms with Crippen molar-refractivity contribution in [3.05, 3.63) is 60.8 Å². The van der Waals surface area contributed by atoms with Crippen molar-refractivity contribution < 1.29 is 4.79 Å². The van der Waals surface area contributed by atoms with E-state index >= 15 is 0 Å². The Morgan fingerprint density at radius 2 is 1.85 bits per heavy atom. The van der Waals surface area contributed by atoms with Gasteiger partial charge in [0, 0.05) is 25.5 Å². The molecule has 0 atom stereocenters. The predicted octanol–water partition coefficient (Wildman–Crippen LogP) is 2.47. The lowest BCUT2D eigenvalue weighted by Crippen LogP contribution is -2.40. The van der Waals surface area contributed by atoms with Crippen molar-refractivity contribution in [3.63, 3.8) is 0 Å². The minimum atomic E-state index is -0.0959. The number of piperidine rings is 1. The third-order valence-corrected chi connectivity index (χ3v) is 4.56. The van der Waals surface area contributed by atoms with Crippen LogP contribution in [-0.4, -0.2) is 49.0 Å². The molecular weight excluding hydrogens is 330 g/mol. The molecule has 4 rings (SSSR count). The summed E-state index contributed by atoms with van der Waals surface area (Å²) in [7, 11) is 0. The monoisotopic (exact) mass is 349 g/mol. The lowest BCUT2D eigenvalue weighted by atomic mass is 9.91. The second-order valence-electron chi connectivity index (χ2n) is 6.20. The summed E-state index contributed by atoms with van der Waals surface area (Å²) < 4.78 is 0. The molecule has 0 radical (unpaired) electrons. The molecule has 3 aromatic rings. The van der Waals surface area contributed by atoms with E-state index in [1.807, 2.05) is 17.2 Å². The molecule has 1 aliphatic heterocycles. The lowest BCUT2D eigenvalue weighted by Gasteiger charge is -2.32. The Morgan fingerprint density at radius 3 is 2.50 bits per heavy atom. The fourth-order valence-corrected chi connectivity index (χ4v) is 3.15. The largest absolute Gasteiger partial charge is 0.324 e. The highest BCUT2D eigenvalue weighted by molar-refractivity contribution is 5.89. The number of hydrogen-bond acceptors (Lipinski definition) is 5. The number of amides is 2. The fourth-order valence-electron chi connectivity index (χ4n) is 3.15. The van der Waals surface area contributed by atoms with Crippen molar-refractivity contribution in [2.45, 2.75) is 18.8 Å². The number of carbonyl (C=O) groups excluding carboxylic acids is 1. The molecule has 0 aliphatic carbocycles. The Bertz CT molecular complexity index is 841. The second kappa shape index (κ2) is 7.30. The molecular formula is C18H19N7O. The van der Waals surface area contributed by atoms with Crippen LogP contribution >= 0.6 is 0 Å². The Kier molecular flexibility index (Phi) is 4.55. The van der Waals surface area contributed by atoms with Gasteiger partial charge >= 0.3 is 6.03 Å². The van der Waals surface area contributed by atoms with Gasteiger partial charge in [0.2, 0.25) is 0 Å². The first-order valence-corrected chi connectivity index (χ1v) is 8.58. The number of hydrogen-bond donors (Lipinski definition) is 1. The third-order valence-electron chi connectivity index (χ3n) is 4.56. The summed E-state index contributed by atoms with van der Waals surface area (Å²) in [4.78, 5) is 24.2. The van der Waals surface area contributed by atoms with Crippen LogP contribution in [0.1, 0.15) is 24.3 Å². The first-order chi connectivity index (χ1) is 12.8. The van der Waals surface area contributed by atoms with Crippen LogP contribution in [0.2, 0.25) is 0 Å². The van der Waals surface area contributed by atoms with Crippen LogP contribution in [0.25, 0.3) is 5.82 Å². The molecule has 132 valence electrons. The summed E-state index contributed by atoms with van der Waals surface area (Å²) in [6, 6.07) is 7.54. The molecule has 4 heterocycles. The van der Waals surface area contributed by atoms with Gasteiger partial charge in [-0.3, -0.25) is 4.98 Å². The van der Waals surface area contributed by atoms with Gasteiger partial charge in [-0.2, -0.15) is 10.2 Å². The molecule has 1 N–H and O–H groups in total. The van der Waals surface area contributed by atoms with Crippen LogP contribution in [0.3, 0.4) is 0 Å². The summed E-state index contributed by atoms with van der Waals surface area (Å²) in [5.41, 5.74) is 1.90. The molecule has 2 amide bonds. The maximum absolute atomic E-state index is 12.5. The van der Waals surface area contributed by atoms with Gasteiger partial charge in [-0.1, -0.05) is 6.07 Å². The zero-order valence-electron chi connectivity index (χ0n) is 14.2. The van der Waals surface area contributed by atoms with Gasteiger partial charge in [-0.15, -0.1) is 4.80 Å². The van der Waals surface area contributed by atoms with E-state index < -0.39 is 0 Å².